The molecule has 0 bridgehead atoms. The standard InChI is InChI=1S/C16H21NO3/c1-13(2)9-11-15(17-20-16(18)19-3)12-10-14-7-5-4-6-8-14/h4-8H,1,9-12H2,2-3H3/b17-15-. The summed E-state index contributed by atoms with van der Waals surface area (Å²) in [4.78, 5) is 15.6. The molecule has 20 heavy (non-hydrogen) atoms. The summed E-state index contributed by atoms with van der Waals surface area (Å²) < 4.78 is 4.40. The number of ether oxygens (including phenoxy) is 1. The van der Waals surface area contributed by atoms with Gasteiger partial charge in [-0.2, -0.15) is 0 Å². The summed E-state index contributed by atoms with van der Waals surface area (Å²) in [5.74, 6) is 0. The molecule has 0 aliphatic heterocycles. The zero-order valence-corrected chi connectivity index (χ0v) is 12.1. The molecule has 0 spiro atoms. The maximum absolute atomic E-state index is 11.0. The number of carbonyl (C=O) groups is 1. The van der Waals surface area contributed by atoms with Crippen LogP contribution in [0.3, 0.4) is 0 Å². The normalized spacial score (nSPS) is 11.0. The van der Waals surface area contributed by atoms with E-state index in [9.17, 15) is 4.79 Å². The lowest BCUT2D eigenvalue weighted by Crippen LogP contribution is -2.06. The van der Waals surface area contributed by atoms with Gasteiger partial charge < -0.3 is 4.74 Å². The first-order chi connectivity index (χ1) is 9.61. The Kier molecular flexibility index (Phi) is 7.11. The molecule has 0 N–H and O–H groups in total. The van der Waals surface area contributed by atoms with Crippen molar-refractivity contribution in [1.82, 2.24) is 0 Å². The third-order valence-electron chi connectivity index (χ3n) is 2.80. The van der Waals surface area contributed by atoms with Gasteiger partial charge in [-0.1, -0.05) is 41.1 Å². The predicted molar refractivity (Wildman–Crippen MR) is 79.7 cm³/mol. The second-order valence-corrected chi connectivity index (χ2v) is 4.65. The quantitative estimate of drug-likeness (QED) is 0.247. The monoisotopic (exact) mass is 275 g/mol. The molecule has 1 aromatic rings. The van der Waals surface area contributed by atoms with Crippen LogP contribution < -0.4 is 0 Å². The van der Waals surface area contributed by atoms with Crippen LogP contribution in [0.15, 0.2) is 47.6 Å². The molecule has 4 heteroatoms. The average Bonchev–Trinajstić information content (AvgIpc) is 2.46. The number of rotatable bonds is 7. The molecule has 0 aliphatic carbocycles. The highest BCUT2D eigenvalue weighted by Gasteiger charge is 2.05. The van der Waals surface area contributed by atoms with Crippen molar-refractivity contribution in [2.24, 2.45) is 5.16 Å². The summed E-state index contributed by atoms with van der Waals surface area (Å²) in [6, 6.07) is 10.1. The Balaban J connectivity index is 2.57. The van der Waals surface area contributed by atoms with Crippen molar-refractivity contribution in [3.8, 4) is 0 Å². The third kappa shape index (κ3) is 6.73. The van der Waals surface area contributed by atoms with Gasteiger partial charge >= 0.3 is 6.16 Å². The first-order valence-corrected chi connectivity index (χ1v) is 6.61. The zero-order chi connectivity index (χ0) is 14.8. The number of nitrogens with zero attached hydrogens (tertiary/aromatic N) is 1. The van der Waals surface area contributed by atoms with Gasteiger partial charge in [0, 0.05) is 0 Å². The van der Waals surface area contributed by atoms with E-state index in [2.05, 4.69) is 33.4 Å². The largest absolute Gasteiger partial charge is 0.534 e. The fourth-order valence-corrected chi connectivity index (χ4v) is 1.65. The summed E-state index contributed by atoms with van der Waals surface area (Å²) in [6.07, 6.45) is 2.38. The van der Waals surface area contributed by atoms with E-state index in [1.807, 2.05) is 25.1 Å². The first kappa shape index (κ1) is 16.0. The molecule has 0 atom stereocenters. The van der Waals surface area contributed by atoms with E-state index in [1.54, 1.807) is 0 Å². The van der Waals surface area contributed by atoms with Gasteiger partial charge in [0.25, 0.3) is 0 Å². The first-order valence-electron chi connectivity index (χ1n) is 6.61. The fraction of sp³-hybridized carbons (Fsp3) is 0.375. The number of aryl methyl sites for hydroxylation is 1. The molecule has 0 aliphatic rings. The van der Waals surface area contributed by atoms with Gasteiger partial charge in [-0.15, -0.1) is 6.58 Å². The van der Waals surface area contributed by atoms with Crippen LogP contribution in [-0.2, 0) is 16.0 Å². The van der Waals surface area contributed by atoms with Crippen molar-refractivity contribution in [2.45, 2.75) is 32.6 Å². The molecule has 108 valence electrons. The smallest absolute Gasteiger partial charge is 0.436 e. The maximum Gasteiger partial charge on any atom is 0.534 e. The molecule has 0 heterocycles. The van der Waals surface area contributed by atoms with E-state index in [4.69, 9.17) is 0 Å². The van der Waals surface area contributed by atoms with Gasteiger partial charge in [-0.25, -0.2) is 4.79 Å². The van der Waals surface area contributed by atoms with Crippen LogP contribution >= 0.6 is 0 Å². The molecular formula is C16H21NO3. The van der Waals surface area contributed by atoms with E-state index in [1.165, 1.54) is 12.7 Å². The van der Waals surface area contributed by atoms with E-state index < -0.39 is 6.16 Å². The Morgan fingerprint density at radius 1 is 1.20 bits per heavy atom. The highest BCUT2D eigenvalue weighted by molar-refractivity contribution is 5.84. The highest BCUT2D eigenvalue weighted by Crippen LogP contribution is 2.10. The van der Waals surface area contributed by atoms with Crippen molar-refractivity contribution in [3.05, 3.63) is 48.0 Å². The molecule has 0 aromatic heterocycles. The van der Waals surface area contributed by atoms with E-state index in [-0.39, 0.29) is 0 Å². The van der Waals surface area contributed by atoms with Crippen LogP contribution in [0.1, 0.15) is 31.7 Å². The van der Waals surface area contributed by atoms with Crippen molar-refractivity contribution in [1.29, 1.82) is 0 Å². The number of allylic oxidation sites excluding steroid dienone is 1. The minimum absolute atomic E-state index is 0.735. The molecular weight excluding hydrogens is 254 g/mol. The number of benzene rings is 1. The number of hydrogen-bond acceptors (Lipinski definition) is 4. The van der Waals surface area contributed by atoms with Gasteiger partial charge in [-0.3, -0.25) is 4.84 Å². The minimum Gasteiger partial charge on any atom is -0.436 e. The molecule has 0 saturated carbocycles. The Hall–Kier alpha value is -2.10. The molecule has 0 fully saturated rings. The van der Waals surface area contributed by atoms with Gasteiger partial charge in [-0.05, 0) is 38.2 Å². The van der Waals surface area contributed by atoms with Gasteiger partial charge in [0.2, 0.25) is 0 Å². The van der Waals surface area contributed by atoms with Crippen molar-refractivity contribution >= 4 is 11.9 Å². The Morgan fingerprint density at radius 2 is 1.90 bits per heavy atom. The Bertz CT molecular complexity index is 466. The fourth-order valence-electron chi connectivity index (χ4n) is 1.65. The van der Waals surface area contributed by atoms with Gasteiger partial charge in [0.05, 0.1) is 12.8 Å². The summed E-state index contributed by atoms with van der Waals surface area (Å²) in [5, 5.41) is 3.88. The molecule has 4 nitrogen and oxygen atoms in total. The average molecular weight is 275 g/mol. The van der Waals surface area contributed by atoms with Crippen LogP contribution in [-0.4, -0.2) is 19.0 Å². The molecule has 0 radical (unpaired) electrons. The van der Waals surface area contributed by atoms with Crippen LogP contribution in [0.2, 0.25) is 0 Å². The number of oxime groups is 1. The predicted octanol–water partition coefficient (Wildman–Crippen LogP) is 4.11. The number of methoxy groups -OCH3 is 1. The van der Waals surface area contributed by atoms with Crippen molar-refractivity contribution in [3.63, 3.8) is 0 Å². The van der Waals surface area contributed by atoms with E-state index in [0.717, 1.165) is 37.0 Å². The van der Waals surface area contributed by atoms with Crippen LogP contribution in [0, 0.1) is 0 Å². The highest BCUT2D eigenvalue weighted by atomic mass is 16.8. The number of carbonyl (C=O) groups excluding carboxylic acids is 1. The van der Waals surface area contributed by atoms with Crippen molar-refractivity contribution < 1.29 is 14.4 Å². The zero-order valence-electron chi connectivity index (χ0n) is 12.1. The molecule has 0 amide bonds. The molecule has 0 unspecified atom stereocenters. The van der Waals surface area contributed by atoms with Crippen LogP contribution in [0.25, 0.3) is 0 Å². The van der Waals surface area contributed by atoms with E-state index in [0.29, 0.717) is 0 Å². The second kappa shape index (κ2) is 8.91. The minimum atomic E-state index is -0.794. The summed E-state index contributed by atoms with van der Waals surface area (Å²) >= 11 is 0. The van der Waals surface area contributed by atoms with Crippen molar-refractivity contribution in [2.75, 3.05) is 7.11 Å². The van der Waals surface area contributed by atoms with Gasteiger partial charge in [0.1, 0.15) is 0 Å². The molecule has 1 rings (SSSR count). The molecule has 0 saturated heterocycles. The Morgan fingerprint density at radius 3 is 2.50 bits per heavy atom. The summed E-state index contributed by atoms with van der Waals surface area (Å²) in [7, 11) is 1.26. The lowest BCUT2D eigenvalue weighted by atomic mass is 10.0. The van der Waals surface area contributed by atoms with Gasteiger partial charge in [0.15, 0.2) is 0 Å². The third-order valence-corrected chi connectivity index (χ3v) is 2.80. The number of hydrogen-bond donors (Lipinski definition) is 0. The second-order valence-electron chi connectivity index (χ2n) is 4.65. The molecule has 1 aromatic carbocycles. The van der Waals surface area contributed by atoms with E-state index >= 15 is 0 Å². The van der Waals surface area contributed by atoms with Crippen LogP contribution in [0.4, 0.5) is 4.79 Å². The van der Waals surface area contributed by atoms with Crippen LogP contribution in [0.5, 0.6) is 0 Å². The topological polar surface area (TPSA) is 47.9 Å². The lowest BCUT2D eigenvalue weighted by Gasteiger charge is -2.06. The maximum atomic E-state index is 11.0. The SMILES string of the molecule is C=C(C)CC/C(CCc1ccccc1)=N/OC(=O)OC. The lowest BCUT2D eigenvalue weighted by molar-refractivity contribution is 0.0749. The summed E-state index contributed by atoms with van der Waals surface area (Å²) in [5.41, 5.74) is 3.14. The Labute approximate surface area is 120 Å². The summed E-state index contributed by atoms with van der Waals surface area (Å²) in [6.45, 7) is 5.84.